The molecule has 2 aliphatic heterocycles. The summed E-state index contributed by atoms with van der Waals surface area (Å²) >= 11 is 0. The first-order valence-corrected chi connectivity index (χ1v) is 10.7. The van der Waals surface area contributed by atoms with Crippen LogP contribution in [-0.4, -0.2) is 49.1 Å². The first-order valence-electron chi connectivity index (χ1n) is 10.7. The zero-order chi connectivity index (χ0) is 19.9. The van der Waals surface area contributed by atoms with Crippen LogP contribution in [0.4, 0.5) is 5.82 Å². The smallest absolute Gasteiger partial charge is 0.193 e. The zero-order valence-electron chi connectivity index (χ0n) is 17.8. The number of likely N-dealkylation sites (tertiary alicyclic amines) is 1. The normalized spacial score (nSPS) is 17.0. The molecule has 0 saturated carbocycles. The highest BCUT2D eigenvalue weighted by atomic mass is 127. The molecular formula is C24H32IN5. The standard InChI is InChI=1S/C24H31N5.HI/c1-25-24(27-19-22-9-12-26-23(18-22)28-13-5-6-14-28)29-15-10-21(11-16-29)17-20-7-3-2-4-8-20;/h2-4,7-9,12,17-18H,5-6,10-11,13-16,19H2,1H3,(H,25,27);1H. The van der Waals surface area contributed by atoms with Gasteiger partial charge in [0.25, 0.3) is 0 Å². The van der Waals surface area contributed by atoms with Crippen LogP contribution in [0.25, 0.3) is 6.08 Å². The number of nitrogens with one attached hydrogen (secondary N) is 1. The first-order chi connectivity index (χ1) is 14.3. The van der Waals surface area contributed by atoms with E-state index < -0.39 is 0 Å². The SMILES string of the molecule is CN=C(NCc1ccnc(N2CCCC2)c1)N1CCC(=Cc2ccccc2)CC1.I. The molecule has 0 radical (unpaired) electrons. The molecule has 3 heterocycles. The summed E-state index contributed by atoms with van der Waals surface area (Å²) in [5.41, 5.74) is 4.07. The number of hydrogen-bond donors (Lipinski definition) is 1. The van der Waals surface area contributed by atoms with Crippen molar-refractivity contribution in [2.75, 3.05) is 38.1 Å². The van der Waals surface area contributed by atoms with Crippen molar-refractivity contribution in [2.24, 2.45) is 4.99 Å². The fourth-order valence-electron chi connectivity index (χ4n) is 4.14. The Morgan fingerprint density at radius 1 is 1.07 bits per heavy atom. The molecule has 0 atom stereocenters. The van der Waals surface area contributed by atoms with Gasteiger partial charge in [0.1, 0.15) is 5.82 Å². The minimum absolute atomic E-state index is 0. The topological polar surface area (TPSA) is 43.8 Å². The van der Waals surface area contributed by atoms with Gasteiger partial charge in [-0.1, -0.05) is 42.0 Å². The zero-order valence-corrected chi connectivity index (χ0v) is 20.1. The second kappa shape index (κ2) is 11.3. The van der Waals surface area contributed by atoms with Gasteiger partial charge in [-0.3, -0.25) is 4.99 Å². The summed E-state index contributed by atoms with van der Waals surface area (Å²) in [6.45, 7) is 5.04. The van der Waals surface area contributed by atoms with Gasteiger partial charge in [-0.25, -0.2) is 4.98 Å². The maximum atomic E-state index is 4.55. The van der Waals surface area contributed by atoms with Gasteiger partial charge < -0.3 is 15.1 Å². The Morgan fingerprint density at radius 2 is 1.80 bits per heavy atom. The van der Waals surface area contributed by atoms with E-state index in [2.05, 4.69) is 73.6 Å². The van der Waals surface area contributed by atoms with Gasteiger partial charge in [-0.05, 0) is 48.9 Å². The Labute approximate surface area is 197 Å². The van der Waals surface area contributed by atoms with E-state index in [1.54, 1.807) is 0 Å². The minimum Gasteiger partial charge on any atom is -0.357 e. The largest absolute Gasteiger partial charge is 0.357 e. The fraction of sp³-hybridized carbons (Fsp3) is 0.417. The van der Waals surface area contributed by atoms with Gasteiger partial charge in [-0.15, -0.1) is 24.0 Å². The van der Waals surface area contributed by atoms with E-state index in [4.69, 9.17) is 0 Å². The van der Waals surface area contributed by atoms with Crippen molar-refractivity contribution in [3.63, 3.8) is 0 Å². The summed E-state index contributed by atoms with van der Waals surface area (Å²) in [5.74, 6) is 2.09. The Bertz CT molecular complexity index is 849. The molecule has 1 aromatic heterocycles. The van der Waals surface area contributed by atoms with Crippen LogP contribution < -0.4 is 10.2 Å². The second-order valence-corrected chi connectivity index (χ2v) is 7.82. The van der Waals surface area contributed by atoms with Gasteiger partial charge in [0.15, 0.2) is 5.96 Å². The predicted octanol–water partition coefficient (Wildman–Crippen LogP) is 4.55. The van der Waals surface area contributed by atoms with E-state index >= 15 is 0 Å². The molecule has 2 aliphatic rings. The van der Waals surface area contributed by atoms with Gasteiger partial charge >= 0.3 is 0 Å². The van der Waals surface area contributed by atoms with Crippen molar-refractivity contribution in [1.29, 1.82) is 0 Å². The molecule has 1 N–H and O–H groups in total. The third kappa shape index (κ3) is 5.97. The number of pyridine rings is 1. The molecule has 160 valence electrons. The molecule has 5 nitrogen and oxygen atoms in total. The molecule has 1 aromatic carbocycles. The number of aliphatic imine (C=N–C) groups is 1. The maximum Gasteiger partial charge on any atom is 0.193 e. The Balaban J connectivity index is 0.00000256. The second-order valence-electron chi connectivity index (χ2n) is 7.82. The highest BCUT2D eigenvalue weighted by molar-refractivity contribution is 14.0. The van der Waals surface area contributed by atoms with E-state index in [1.807, 2.05) is 13.2 Å². The van der Waals surface area contributed by atoms with Crippen LogP contribution in [0, 0.1) is 0 Å². The minimum atomic E-state index is 0. The molecule has 0 unspecified atom stereocenters. The van der Waals surface area contributed by atoms with Crippen LogP contribution in [0.2, 0.25) is 0 Å². The third-order valence-electron chi connectivity index (χ3n) is 5.78. The summed E-state index contributed by atoms with van der Waals surface area (Å²) in [6, 6.07) is 14.9. The number of aromatic nitrogens is 1. The summed E-state index contributed by atoms with van der Waals surface area (Å²) in [4.78, 5) is 13.8. The van der Waals surface area contributed by atoms with E-state index in [1.165, 1.54) is 29.5 Å². The van der Waals surface area contributed by atoms with Crippen molar-refractivity contribution in [1.82, 2.24) is 15.2 Å². The van der Waals surface area contributed by atoms with Crippen molar-refractivity contribution in [2.45, 2.75) is 32.2 Å². The summed E-state index contributed by atoms with van der Waals surface area (Å²) in [5, 5.41) is 3.55. The van der Waals surface area contributed by atoms with E-state index in [-0.39, 0.29) is 24.0 Å². The molecule has 30 heavy (non-hydrogen) atoms. The van der Waals surface area contributed by atoms with Crippen molar-refractivity contribution in [3.8, 4) is 0 Å². The van der Waals surface area contributed by atoms with Crippen LogP contribution in [-0.2, 0) is 6.54 Å². The van der Waals surface area contributed by atoms with Crippen molar-refractivity contribution >= 4 is 41.8 Å². The number of nitrogens with zero attached hydrogens (tertiary/aromatic N) is 4. The van der Waals surface area contributed by atoms with Gasteiger partial charge in [-0.2, -0.15) is 0 Å². The number of halogens is 1. The van der Waals surface area contributed by atoms with Crippen molar-refractivity contribution < 1.29 is 0 Å². The van der Waals surface area contributed by atoms with Crippen LogP contribution >= 0.6 is 24.0 Å². The molecular weight excluding hydrogens is 485 g/mol. The number of anilines is 1. The lowest BCUT2D eigenvalue weighted by Crippen LogP contribution is -2.44. The van der Waals surface area contributed by atoms with Crippen LogP contribution in [0.5, 0.6) is 0 Å². The first kappa shape index (κ1) is 22.6. The monoisotopic (exact) mass is 517 g/mol. The van der Waals surface area contributed by atoms with Gasteiger partial charge in [0.05, 0.1) is 0 Å². The third-order valence-corrected chi connectivity index (χ3v) is 5.78. The summed E-state index contributed by atoms with van der Waals surface area (Å²) < 4.78 is 0. The van der Waals surface area contributed by atoms with Crippen LogP contribution in [0.1, 0.15) is 36.8 Å². The van der Waals surface area contributed by atoms with E-state index in [0.29, 0.717) is 0 Å². The Kier molecular flexibility index (Phi) is 8.54. The molecule has 6 heteroatoms. The predicted molar refractivity (Wildman–Crippen MR) is 137 cm³/mol. The molecule has 0 aliphatic carbocycles. The molecule has 4 rings (SSSR count). The van der Waals surface area contributed by atoms with Crippen molar-refractivity contribution in [3.05, 3.63) is 65.4 Å². The quantitative estimate of drug-likeness (QED) is 0.367. The fourth-order valence-corrected chi connectivity index (χ4v) is 4.14. The van der Waals surface area contributed by atoms with Crippen LogP contribution in [0.3, 0.4) is 0 Å². The maximum absolute atomic E-state index is 4.55. The average Bonchev–Trinajstić information content (AvgIpc) is 3.31. The highest BCUT2D eigenvalue weighted by Crippen LogP contribution is 2.20. The lowest BCUT2D eigenvalue weighted by Gasteiger charge is -2.31. The van der Waals surface area contributed by atoms with E-state index in [9.17, 15) is 0 Å². The lowest BCUT2D eigenvalue weighted by atomic mass is 10.0. The van der Waals surface area contributed by atoms with Gasteiger partial charge in [0, 0.05) is 46.0 Å². The molecule has 0 bridgehead atoms. The molecule has 2 fully saturated rings. The summed E-state index contributed by atoms with van der Waals surface area (Å²) in [6.07, 6.45) is 8.98. The van der Waals surface area contributed by atoms with E-state index in [0.717, 1.165) is 57.3 Å². The highest BCUT2D eigenvalue weighted by Gasteiger charge is 2.18. The molecule has 2 aromatic rings. The number of guanidine groups is 1. The number of hydrogen-bond acceptors (Lipinski definition) is 3. The summed E-state index contributed by atoms with van der Waals surface area (Å²) in [7, 11) is 1.87. The molecule has 0 amide bonds. The number of rotatable bonds is 4. The average molecular weight is 517 g/mol. The molecule has 2 saturated heterocycles. The van der Waals surface area contributed by atoms with Crippen LogP contribution in [0.15, 0.2) is 59.2 Å². The van der Waals surface area contributed by atoms with Gasteiger partial charge in [0.2, 0.25) is 0 Å². The number of piperidine rings is 1. The Morgan fingerprint density at radius 3 is 2.50 bits per heavy atom. The molecule has 0 spiro atoms. The Hall–Kier alpha value is -2.09. The number of benzene rings is 1. The lowest BCUT2D eigenvalue weighted by molar-refractivity contribution is 0.375.